The van der Waals surface area contributed by atoms with Crippen LogP contribution in [0, 0.1) is 0 Å². The second kappa shape index (κ2) is 8.50. The molecule has 7 nitrogen and oxygen atoms in total. The summed E-state index contributed by atoms with van der Waals surface area (Å²) in [5.74, 6) is 0.910. The molecule has 0 saturated carbocycles. The molecule has 0 bridgehead atoms. The molecule has 1 saturated heterocycles. The molecule has 3 aromatic rings. The fraction of sp³-hybridized carbons (Fsp3) is 0.381. The van der Waals surface area contributed by atoms with E-state index >= 15 is 0 Å². The normalized spacial score (nSPS) is 17.2. The summed E-state index contributed by atoms with van der Waals surface area (Å²) in [5, 5.41) is 1.06. The average Bonchev–Trinajstić information content (AvgIpc) is 3.22. The maximum Gasteiger partial charge on any atom is 0.243 e. The maximum atomic E-state index is 13.1. The van der Waals surface area contributed by atoms with E-state index in [0.29, 0.717) is 37.7 Å². The Kier molecular flexibility index (Phi) is 5.97. The Morgan fingerprint density at radius 3 is 2.37 bits per heavy atom. The Balaban J connectivity index is 1.47. The van der Waals surface area contributed by atoms with E-state index in [1.165, 1.54) is 29.3 Å². The first-order valence-electron chi connectivity index (χ1n) is 9.75. The Bertz CT molecular complexity index is 1110. The molecule has 2 heterocycles. The minimum Gasteiger partial charge on any atom is -0.493 e. The quantitative estimate of drug-likeness (QED) is 0.577. The number of methoxy groups -OCH3 is 2. The number of sulfonamides is 1. The zero-order valence-electron chi connectivity index (χ0n) is 17.2. The molecule has 1 aromatic heterocycles. The van der Waals surface area contributed by atoms with Gasteiger partial charge in [0.25, 0.3) is 0 Å². The van der Waals surface area contributed by atoms with Gasteiger partial charge >= 0.3 is 0 Å². The fourth-order valence-electron chi connectivity index (χ4n) is 3.68. The van der Waals surface area contributed by atoms with Gasteiger partial charge in [0.05, 0.1) is 35.4 Å². The molecule has 160 valence electrons. The van der Waals surface area contributed by atoms with Crippen molar-refractivity contribution in [3.63, 3.8) is 0 Å². The number of hydrogen-bond donors (Lipinski definition) is 0. The van der Waals surface area contributed by atoms with E-state index in [2.05, 4.69) is 17.9 Å². The molecule has 1 fully saturated rings. The highest BCUT2D eigenvalue weighted by molar-refractivity contribution is 7.89. The van der Waals surface area contributed by atoms with Crippen LogP contribution in [-0.2, 0) is 10.0 Å². The highest BCUT2D eigenvalue weighted by atomic mass is 32.2. The zero-order chi connectivity index (χ0) is 21.3. The number of ether oxygens (including phenoxy) is 2. The first-order chi connectivity index (χ1) is 14.4. The molecule has 0 N–H and O–H groups in total. The largest absolute Gasteiger partial charge is 0.493 e. The summed E-state index contributed by atoms with van der Waals surface area (Å²) in [6.07, 6.45) is 0. The lowest BCUT2D eigenvalue weighted by Crippen LogP contribution is -2.49. The molecule has 1 aliphatic rings. The maximum absolute atomic E-state index is 13.1. The molecule has 0 radical (unpaired) electrons. The fourth-order valence-corrected chi connectivity index (χ4v) is 6.17. The van der Waals surface area contributed by atoms with Crippen LogP contribution in [0.15, 0.2) is 47.4 Å². The smallest absolute Gasteiger partial charge is 0.243 e. The van der Waals surface area contributed by atoms with E-state index in [1.807, 2.05) is 18.2 Å². The van der Waals surface area contributed by atoms with Crippen LogP contribution in [0.25, 0.3) is 10.2 Å². The van der Waals surface area contributed by atoms with Crippen LogP contribution in [0.5, 0.6) is 11.5 Å². The third-order valence-electron chi connectivity index (χ3n) is 5.48. The molecule has 0 aliphatic carbocycles. The summed E-state index contributed by atoms with van der Waals surface area (Å²) in [6, 6.07) is 13.0. The highest BCUT2D eigenvalue weighted by Crippen LogP contribution is 2.33. The summed E-state index contributed by atoms with van der Waals surface area (Å²) in [7, 11) is -0.574. The zero-order valence-corrected chi connectivity index (χ0v) is 18.9. The van der Waals surface area contributed by atoms with Crippen LogP contribution >= 0.6 is 11.3 Å². The number of benzene rings is 2. The van der Waals surface area contributed by atoms with Crippen LogP contribution in [0.2, 0.25) is 0 Å². The van der Waals surface area contributed by atoms with Crippen molar-refractivity contribution in [1.82, 2.24) is 14.2 Å². The van der Waals surface area contributed by atoms with Crippen LogP contribution in [0.4, 0.5) is 0 Å². The van der Waals surface area contributed by atoms with E-state index in [4.69, 9.17) is 14.5 Å². The Morgan fingerprint density at radius 2 is 1.70 bits per heavy atom. The van der Waals surface area contributed by atoms with Gasteiger partial charge in [-0.3, -0.25) is 4.90 Å². The Morgan fingerprint density at radius 1 is 1.00 bits per heavy atom. The third kappa shape index (κ3) is 3.90. The first-order valence-corrected chi connectivity index (χ1v) is 12.0. The van der Waals surface area contributed by atoms with Crippen molar-refractivity contribution >= 4 is 31.6 Å². The van der Waals surface area contributed by atoms with Gasteiger partial charge in [-0.2, -0.15) is 4.31 Å². The van der Waals surface area contributed by atoms with Crippen molar-refractivity contribution in [2.75, 3.05) is 40.4 Å². The number of rotatable bonds is 6. The van der Waals surface area contributed by atoms with E-state index in [-0.39, 0.29) is 10.9 Å². The lowest BCUT2D eigenvalue weighted by molar-refractivity contribution is 0.146. The van der Waals surface area contributed by atoms with Crippen molar-refractivity contribution in [3.05, 3.63) is 47.5 Å². The first kappa shape index (κ1) is 21.0. The minimum atomic E-state index is -3.60. The van der Waals surface area contributed by atoms with Crippen molar-refractivity contribution in [1.29, 1.82) is 0 Å². The molecule has 30 heavy (non-hydrogen) atoms. The number of aromatic nitrogens is 1. The monoisotopic (exact) mass is 447 g/mol. The molecule has 1 atom stereocenters. The average molecular weight is 448 g/mol. The number of nitrogens with zero attached hydrogens (tertiary/aromatic N) is 3. The second-order valence-electron chi connectivity index (χ2n) is 7.15. The summed E-state index contributed by atoms with van der Waals surface area (Å²) in [6.45, 7) is 4.32. The minimum absolute atomic E-state index is 0.147. The number of fused-ring (bicyclic) bond motifs is 1. The lowest BCUT2D eigenvalue weighted by atomic mass is 10.2. The van der Waals surface area contributed by atoms with E-state index in [9.17, 15) is 8.42 Å². The van der Waals surface area contributed by atoms with Crippen molar-refractivity contribution in [2.24, 2.45) is 0 Å². The van der Waals surface area contributed by atoms with Crippen LogP contribution < -0.4 is 9.47 Å². The molecular formula is C21H25N3O4S2. The third-order valence-corrected chi connectivity index (χ3v) is 8.58. The topological polar surface area (TPSA) is 72.0 Å². The molecule has 0 unspecified atom stereocenters. The highest BCUT2D eigenvalue weighted by Gasteiger charge is 2.31. The van der Waals surface area contributed by atoms with E-state index in [1.54, 1.807) is 23.5 Å². The van der Waals surface area contributed by atoms with Gasteiger partial charge < -0.3 is 9.47 Å². The van der Waals surface area contributed by atoms with Gasteiger partial charge in [0.15, 0.2) is 11.5 Å². The van der Waals surface area contributed by atoms with Gasteiger partial charge in [0.1, 0.15) is 5.01 Å². The van der Waals surface area contributed by atoms with Crippen molar-refractivity contribution in [2.45, 2.75) is 17.9 Å². The molecule has 9 heteroatoms. The molecule has 0 spiro atoms. The van der Waals surface area contributed by atoms with Gasteiger partial charge in [-0.05, 0) is 31.2 Å². The summed E-state index contributed by atoms with van der Waals surface area (Å²) in [5.41, 5.74) is 1.01. The van der Waals surface area contributed by atoms with Gasteiger partial charge in [-0.15, -0.1) is 11.3 Å². The summed E-state index contributed by atoms with van der Waals surface area (Å²) in [4.78, 5) is 7.26. The number of hydrogen-bond acceptors (Lipinski definition) is 7. The van der Waals surface area contributed by atoms with Gasteiger partial charge in [-0.1, -0.05) is 12.1 Å². The van der Waals surface area contributed by atoms with Crippen LogP contribution in [0.1, 0.15) is 18.0 Å². The second-order valence-corrected chi connectivity index (χ2v) is 10.2. The van der Waals surface area contributed by atoms with Crippen LogP contribution in [-0.4, -0.2) is 63.0 Å². The Hall–Kier alpha value is -2.20. The van der Waals surface area contributed by atoms with Crippen molar-refractivity contribution in [3.8, 4) is 11.5 Å². The van der Waals surface area contributed by atoms with Crippen LogP contribution in [0.3, 0.4) is 0 Å². The molecule has 0 amide bonds. The predicted molar refractivity (Wildman–Crippen MR) is 118 cm³/mol. The summed E-state index contributed by atoms with van der Waals surface area (Å²) >= 11 is 1.70. The number of para-hydroxylation sites is 1. The standard InChI is InChI=1S/C21H25N3O4S2/c1-15(21-22-17-6-4-5-7-20(17)29-21)23-10-12-24(13-11-23)30(25,26)16-8-9-18(27-2)19(14-16)28-3/h4-9,14-15H,10-13H2,1-3H3/t15-/m0/s1. The lowest BCUT2D eigenvalue weighted by Gasteiger charge is -2.36. The predicted octanol–water partition coefficient (Wildman–Crippen LogP) is 3.38. The van der Waals surface area contributed by atoms with E-state index < -0.39 is 10.0 Å². The molecule has 4 rings (SSSR count). The van der Waals surface area contributed by atoms with E-state index in [0.717, 1.165) is 10.5 Å². The SMILES string of the molecule is COc1ccc(S(=O)(=O)N2CCN([C@@H](C)c3nc4ccccc4s3)CC2)cc1OC. The Labute approximate surface area is 180 Å². The number of piperazine rings is 1. The molecule has 2 aromatic carbocycles. The van der Waals surface area contributed by atoms with Gasteiger partial charge in [0, 0.05) is 32.2 Å². The molecule has 1 aliphatic heterocycles. The number of thiazole rings is 1. The summed E-state index contributed by atoms with van der Waals surface area (Å²) < 4.78 is 39.4. The van der Waals surface area contributed by atoms with Crippen molar-refractivity contribution < 1.29 is 17.9 Å². The van der Waals surface area contributed by atoms with Gasteiger partial charge in [-0.25, -0.2) is 13.4 Å². The van der Waals surface area contributed by atoms with Gasteiger partial charge in [0.2, 0.25) is 10.0 Å². The molecular weight excluding hydrogens is 422 g/mol.